The molecule has 0 saturated heterocycles. The molecule has 30 heavy (non-hydrogen) atoms. The van der Waals surface area contributed by atoms with Gasteiger partial charge in [0, 0.05) is 5.41 Å². The van der Waals surface area contributed by atoms with E-state index < -0.39 is 0 Å². The molecule has 6 heteroatoms. The second kappa shape index (κ2) is 8.07. The first-order chi connectivity index (χ1) is 14.4. The standard InChI is InChI=1S/C24H24Br4O2/c1-29-22-18(25)7-13(8-19(22)26)24(14-9-20(27)23(30-2)21(28)10-14)11-12-6-17(24)16-5-3-4-15(12)16/h7-10,12,15-17H,3-6,11H2,1-2H3/t12-,15+,16+,17-/m0/s1. The highest BCUT2D eigenvalue weighted by molar-refractivity contribution is 9.11. The number of fused-ring (bicyclic) bond motifs is 5. The van der Waals surface area contributed by atoms with E-state index in [1.54, 1.807) is 14.2 Å². The molecule has 0 amide bonds. The molecule has 2 aromatic carbocycles. The molecule has 2 bridgehead atoms. The smallest absolute Gasteiger partial charge is 0.147 e. The van der Waals surface area contributed by atoms with Crippen LogP contribution in [0.3, 0.4) is 0 Å². The molecule has 2 nitrogen and oxygen atoms in total. The van der Waals surface area contributed by atoms with E-state index in [9.17, 15) is 0 Å². The van der Waals surface area contributed by atoms with Gasteiger partial charge in [0.2, 0.25) is 0 Å². The average molecular weight is 664 g/mol. The van der Waals surface area contributed by atoms with Crippen LogP contribution in [0.4, 0.5) is 0 Å². The third kappa shape index (κ3) is 3.10. The van der Waals surface area contributed by atoms with Gasteiger partial charge >= 0.3 is 0 Å². The van der Waals surface area contributed by atoms with Crippen LogP contribution in [0.25, 0.3) is 0 Å². The first-order valence-electron chi connectivity index (χ1n) is 10.5. The fraction of sp³-hybridized carbons (Fsp3) is 0.500. The summed E-state index contributed by atoms with van der Waals surface area (Å²) < 4.78 is 15.2. The molecule has 0 aliphatic heterocycles. The number of hydrogen-bond acceptors (Lipinski definition) is 2. The normalized spacial score (nSPS) is 28.6. The van der Waals surface area contributed by atoms with Crippen molar-refractivity contribution < 1.29 is 9.47 Å². The first-order valence-corrected chi connectivity index (χ1v) is 13.6. The van der Waals surface area contributed by atoms with Crippen molar-refractivity contribution in [3.63, 3.8) is 0 Å². The minimum Gasteiger partial charge on any atom is -0.494 e. The molecule has 3 aliphatic rings. The van der Waals surface area contributed by atoms with Gasteiger partial charge in [0.25, 0.3) is 0 Å². The number of halogens is 4. The highest BCUT2D eigenvalue weighted by Gasteiger charge is 2.62. The number of rotatable bonds is 4. The van der Waals surface area contributed by atoms with Gasteiger partial charge in [0.05, 0.1) is 32.1 Å². The quantitative estimate of drug-likeness (QED) is 0.327. The first kappa shape index (κ1) is 21.8. The summed E-state index contributed by atoms with van der Waals surface area (Å²) in [5.41, 5.74) is 2.76. The van der Waals surface area contributed by atoms with E-state index in [1.807, 2.05) is 0 Å². The number of methoxy groups -OCH3 is 2. The van der Waals surface area contributed by atoms with Crippen LogP contribution in [0.2, 0.25) is 0 Å². The number of hydrogen-bond donors (Lipinski definition) is 0. The summed E-state index contributed by atoms with van der Waals surface area (Å²) in [7, 11) is 3.44. The lowest BCUT2D eigenvalue weighted by Gasteiger charge is -2.44. The predicted octanol–water partition coefficient (Wildman–Crippen LogP) is 8.50. The fourth-order valence-electron chi connectivity index (χ4n) is 7.00. The lowest BCUT2D eigenvalue weighted by Crippen LogP contribution is -2.40. The van der Waals surface area contributed by atoms with Crippen LogP contribution in [0.5, 0.6) is 11.5 Å². The van der Waals surface area contributed by atoms with Gasteiger partial charge in [-0.25, -0.2) is 0 Å². The van der Waals surface area contributed by atoms with Crippen LogP contribution < -0.4 is 9.47 Å². The Morgan fingerprint density at radius 2 is 1.23 bits per heavy atom. The third-order valence-electron chi connectivity index (χ3n) is 7.96. The Labute approximate surface area is 212 Å². The van der Waals surface area contributed by atoms with E-state index in [4.69, 9.17) is 9.47 Å². The summed E-state index contributed by atoms with van der Waals surface area (Å²) in [5.74, 6) is 4.97. The zero-order valence-corrected chi connectivity index (χ0v) is 23.3. The van der Waals surface area contributed by atoms with Gasteiger partial charge in [0.1, 0.15) is 11.5 Å². The lowest BCUT2D eigenvalue weighted by atomic mass is 9.59. The van der Waals surface area contributed by atoms with Gasteiger partial charge < -0.3 is 9.47 Å². The molecular weight excluding hydrogens is 640 g/mol. The van der Waals surface area contributed by atoms with Gasteiger partial charge in [-0.15, -0.1) is 0 Å². The molecule has 3 aliphatic carbocycles. The monoisotopic (exact) mass is 660 g/mol. The molecule has 0 heterocycles. The Kier molecular flexibility index (Phi) is 5.86. The van der Waals surface area contributed by atoms with Crippen molar-refractivity contribution in [1.82, 2.24) is 0 Å². The Hall–Kier alpha value is -0.0400. The molecule has 0 spiro atoms. The molecule has 0 radical (unpaired) electrons. The lowest BCUT2D eigenvalue weighted by molar-refractivity contribution is 0.181. The van der Waals surface area contributed by atoms with E-state index in [0.717, 1.165) is 47.1 Å². The Bertz CT molecular complexity index is 899. The van der Waals surface area contributed by atoms with Crippen LogP contribution in [0.1, 0.15) is 43.2 Å². The highest BCUT2D eigenvalue weighted by Crippen LogP contribution is 2.68. The van der Waals surface area contributed by atoms with Crippen molar-refractivity contribution >= 4 is 63.7 Å². The molecule has 160 valence electrons. The van der Waals surface area contributed by atoms with Gasteiger partial charge in [-0.2, -0.15) is 0 Å². The van der Waals surface area contributed by atoms with Crippen LogP contribution in [0, 0.1) is 23.7 Å². The molecule has 2 aromatic rings. The van der Waals surface area contributed by atoms with Crippen LogP contribution in [0.15, 0.2) is 42.2 Å². The van der Waals surface area contributed by atoms with E-state index in [-0.39, 0.29) is 5.41 Å². The molecule has 5 rings (SSSR count). The van der Waals surface area contributed by atoms with Gasteiger partial charge in [-0.05, 0) is 148 Å². The minimum absolute atomic E-state index is 0.00476. The predicted molar refractivity (Wildman–Crippen MR) is 135 cm³/mol. The molecule has 4 atom stereocenters. The second-order valence-electron chi connectivity index (χ2n) is 8.98. The molecule has 0 aromatic heterocycles. The maximum absolute atomic E-state index is 5.61. The van der Waals surface area contributed by atoms with Crippen molar-refractivity contribution in [3.05, 3.63) is 53.3 Å². The molecule has 3 saturated carbocycles. The minimum atomic E-state index is 0.00476. The van der Waals surface area contributed by atoms with E-state index >= 15 is 0 Å². The summed E-state index contributed by atoms with van der Waals surface area (Å²) in [6, 6.07) is 9.17. The molecule has 0 unspecified atom stereocenters. The molecule has 3 fully saturated rings. The van der Waals surface area contributed by atoms with Crippen molar-refractivity contribution in [1.29, 1.82) is 0 Å². The average Bonchev–Trinajstić information content (AvgIpc) is 3.40. The van der Waals surface area contributed by atoms with Crippen LogP contribution in [-0.4, -0.2) is 14.2 Å². The highest BCUT2D eigenvalue weighted by atomic mass is 79.9. The van der Waals surface area contributed by atoms with Crippen LogP contribution >= 0.6 is 63.7 Å². The molecular formula is C24H24Br4O2. The zero-order chi connectivity index (χ0) is 21.2. The van der Waals surface area contributed by atoms with Crippen molar-refractivity contribution in [3.8, 4) is 11.5 Å². The Balaban J connectivity index is 1.73. The van der Waals surface area contributed by atoms with E-state index in [0.29, 0.717) is 5.92 Å². The number of ether oxygens (including phenoxy) is 2. The number of benzene rings is 2. The zero-order valence-electron chi connectivity index (χ0n) is 17.0. The SMILES string of the molecule is COc1c(Br)cc(C2(c3cc(Br)c(OC)c(Br)c3)C[C@@H]3C[C@H]2[C@@H]2CCC[C@H]32)cc1Br. The summed E-state index contributed by atoms with van der Waals surface area (Å²) in [6.45, 7) is 0. The van der Waals surface area contributed by atoms with Crippen molar-refractivity contribution in [2.75, 3.05) is 14.2 Å². The molecule has 0 N–H and O–H groups in total. The summed E-state index contributed by atoms with van der Waals surface area (Å²) >= 11 is 15.1. The summed E-state index contributed by atoms with van der Waals surface area (Å²) in [5, 5.41) is 0. The van der Waals surface area contributed by atoms with Gasteiger partial charge in [-0.1, -0.05) is 6.42 Å². The van der Waals surface area contributed by atoms with Gasteiger partial charge in [0.15, 0.2) is 0 Å². The Morgan fingerprint density at radius 1 is 0.767 bits per heavy atom. The maximum Gasteiger partial charge on any atom is 0.147 e. The summed E-state index contributed by atoms with van der Waals surface area (Å²) in [4.78, 5) is 0. The van der Waals surface area contributed by atoms with E-state index in [2.05, 4.69) is 88.0 Å². The van der Waals surface area contributed by atoms with E-state index in [1.165, 1.54) is 43.2 Å². The summed E-state index contributed by atoms with van der Waals surface area (Å²) in [6.07, 6.45) is 6.76. The maximum atomic E-state index is 5.61. The Morgan fingerprint density at radius 3 is 1.70 bits per heavy atom. The second-order valence-corrected chi connectivity index (χ2v) is 12.4. The van der Waals surface area contributed by atoms with Gasteiger partial charge in [-0.3, -0.25) is 0 Å². The fourth-order valence-corrected chi connectivity index (χ4v) is 10.0. The topological polar surface area (TPSA) is 18.5 Å². The van der Waals surface area contributed by atoms with Crippen molar-refractivity contribution in [2.24, 2.45) is 23.7 Å². The third-order valence-corrected chi connectivity index (χ3v) is 10.3. The largest absolute Gasteiger partial charge is 0.494 e. The van der Waals surface area contributed by atoms with Crippen molar-refractivity contribution in [2.45, 2.75) is 37.5 Å². The van der Waals surface area contributed by atoms with Crippen LogP contribution in [-0.2, 0) is 5.41 Å².